The molecular weight excluding hydrogens is 336 g/mol. The molecule has 0 spiro atoms. The highest BCUT2D eigenvalue weighted by Gasteiger charge is 2.15. The van der Waals surface area contributed by atoms with Crippen LogP contribution in [-0.4, -0.2) is 10.9 Å². The van der Waals surface area contributed by atoms with Crippen LogP contribution in [0.5, 0.6) is 0 Å². The van der Waals surface area contributed by atoms with Crippen LogP contribution < -0.4 is 5.32 Å². The molecular formula is C23H16N2O2. The highest BCUT2D eigenvalue weighted by atomic mass is 16.3. The van der Waals surface area contributed by atoms with Gasteiger partial charge in [0.2, 0.25) is 0 Å². The van der Waals surface area contributed by atoms with E-state index in [1.165, 1.54) is 11.6 Å². The first kappa shape index (κ1) is 15.5. The lowest BCUT2D eigenvalue weighted by atomic mass is 10.0. The van der Waals surface area contributed by atoms with Gasteiger partial charge in [0.05, 0.1) is 11.8 Å². The normalized spacial score (nSPS) is 11.1. The van der Waals surface area contributed by atoms with Crippen LogP contribution in [0.1, 0.15) is 10.6 Å². The third kappa shape index (κ3) is 2.59. The Morgan fingerprint density at radius 3 is 2.44 bits per heavy atom. The Balaban J connectivity index is 1.66. The molecule has 0 atom stereocenters. The number of anilines is 1. The molecule has 2 heterocycles. The largest absolute Gasteiger partial charge is 0.459 e. The first-order chi connectivity index (χ1) is 13.3. The molecule has 2 N–H and O–H groups in total. The van der Waals surface area contributed by atoms with Gasteiger partial charge in [-0.2, -0.15) is 0 Å². The number of H-pyrrole nitrogens is 1. The summed E-state index contributed by atoms with van der Waals surface area (Å²) in [7, 11) is 0. The van der Waals surface area contributed by atoms with E-state index in [-0.39, 0.29) is 11.7 Å². The van der Waals surface area contributed by atoms with Crippen molar-refractivity contribution < 1.29 is 9.21 Å². The maximum atomic E-state index is 12.5. The summed E-state index contributed by atoms with van der Waals surface area (Å²) < 4.78 is 5.20. The molecule has 4 heteroatoms. The number of fused-ring (bicyclic) bond motifs is 3. The number of rotatable bonds is 3. The van der Waals surface area contributed by atoms with Gasteiger partial charge in [0, 0.05) is 33.1 Å². The Labute approximate surface area is 155 Å². The SMILES string of the molecule is O=C(Nc1ccccc1-c1cccc2c1[nH]c1ccccc12)c1ccco1. The first-order valence-electron chi connectivity index (χ1n) is 8.75. The van der Waals surface area contributed by atoms with E-state index in [0.29, 0.717) is 0 Å². The number of para-hydroxylation sites is 3. The molecule has 0 radical (unpaired) electrons. The number of aromatic amines is 1. The lowest BCUT2D eigenvalue weighted by Gasteiger charge is -2.11. The molecule has 0 bridgehead atoms. The van der Waals surface area contributed by atoms with Gasteiger partial charge in [-0.3, -0.25) is 4.79 Å². The monoisotopic (exact) mass is 352 g/mol. The molecule has 0 saturated heterocycles. The summed E-state index contributed by atoms with van der Waals surface area (Å²) in [5, 5.41) is 5.31. The number of hydrogen-bond acceptors (Lipinski definition) is 2. The number of furan rings is 1. The van der Waals surface area contributed by atoms with Gasteiger partial charge in [-0.1, -0.05) is 54.6 Å². The molecule has 2 aromatic heterocycles. The molecule has 0 unspecified atom stereocenters. The number of carbonyl (C=O) groups excluding carboxylic acids is 1. The fraction of sp³-hybridized carbons (Fsp3) is 0. The minimum absolute atomic E-state index is 0.267. The van der Waals surface area contributed by atoms with E-state index in [2.05, 4.69) is 34.6 Å². The Bertz CT molecular complexity index is 1270. The molecule has 3 aromatic carbocycles. The van der Waals surface area contributed by atoms with Crippen molar-refractivity contribution in [3.8, 4) is 11.1 Å². The van der Waals surface area contributed by atoms with Crippen molar-refractivity contribution in [2.45, 2.75) is 0 Å². The van der Waals surface area contributed by atoms with E-state index >= 15 is 0 Å². The summed E-state index contributed by atoms with van der Waals surface area (Å²) in [6.45, 7) is 0. The van der Waals surface area contributed by atoms with Crippen LogP contribution in [0, 0.1) is 0 Å². The van der Waals surface area contributed by atoms with E-state index in [0.717, 1.165) is 33.2 Å². The maximum absolute atomic E-state index is 12.5. The third-order valence-corrected chi connectivity index (χ3v) is 4.75. The lowest BCUT2D eigenvalue weighted by molar-refractivity contribution is 0.0996. The van der Waals surface area contributed by atoms with Crippen molar-refractivity contribution in [3.05, 3.63) is 90.9 Å². The highest BCUT2D eigenvalue weighted by Crippen LogP contribution is 2.36. The molecule has 0 aliphatic carbocycles. The lowest BCUT2D eigenvalue weighted by Crippen LogP contribution is -2.11. The van der Waals surface area contributed by atoms with E-state index < -0.39 is 0 Å². The number of carbonyl (C=O) groups is 1. The van der Waals surface area contributed by atoms with Gasteiger partial charge in [0.15, 0.2) is 5.76 Å². The van der Waals surface area contributed by atoms with Crippen molar-refractivity contribution in [2.75, 3.05) is 5.32 Å². The quantitative estimate of drug-likeness (QED) is 0.429. The Morgan fingerprint density at radius 2 is 1.56 bits per heavy atom. The van der Waals surface area contributed by atoms with Gasteiger partial charge in [-0.15, -0.1) is 0 Å². The zero-order valence-electron chi connectivity index (χ0n) is 14.4. The summed E-state index contributed by atoms with van der Waals surface area (Å²) in [4.78, 5) is 16.0. The second-order valence-corrected chi connectivity index (χ2v) is 6.38. The summed E-state index contributed by atoms with van der Waals surface area (Å²) >= 11 is 0. The van der Waals surface area contributed by atoms with Crippen LogP contribution in [0.4, 0.5) is 5.69 Å². The van der Waals surface area contributed by atoms with Crippen molar-refractivity contribution in [2.24, 2.45) is 0 Å². The van der Waals surface area contributed by atoms with E-state index in [9.17, 15) is 4.79 Å². The zero-order chi connectivity index (χ0) is 18.2. The number of benzene rings is 3. The molecule has 5 aromatic rings. The molecule has 0 aliphatic heterocycles. The fourth-order valence-corrected chi connectivity index (χ4v) is 3.52. The minimum atomic E-state index is -0.267. The van der Waals surface area contributed by atoms with Crippen molar-refractivity contribution in [1.82, 2.24) is 4.98 Å². The number of nitrogens with one attached hydrogen (secondary N) is 2. The van der Waals surface area contributed by atoms with Gasteiger partial charge in [0.25, 0.3) is 5.91 Å². The van der Waals surface area contributed by atoms with Crippen molar-refractivity contribution in [3.63, 3.8) is 0 Å². The summed E-state index contributed by atoms with van der Waals surface area (Å²) in [6.07, 6.45) is 1.49. The Kier molecular flexibility index (Phi) is 3.54. The van der Waals surface area contributed by atoms with Crippen molar-refractivity contribution in [1.29, 1.82) is 0 Å². The molecule has 1 amide bonds. The predicted molar refractivity (Wildman–Crippen MR) is 108 cm³/mol. The second-order valence-electron chi connectivity index (χ2n) is 6.38. The minimum Gasteiger partial charge on any atom is -0.459 e. The van der Waals surface area contributed by atoms with Crippen LogP contribution in [0.25, 0.3) is 32.9 Å². The molecule has 0 saturated carbocycles. The average molecular weight is 352 g/mol. The van der Waals surface area contributed by atoms with Crippen LogP contribution in [0.15, 0.2) is 89.5 Å². The molecule has 0 aliphatic rings. The van der Waals surface area contributed by atoms with Crippen LogP contribution in [0.3, 0.4) is 0 Å². The van der Waals surface area contributed by atoms with Crippen molar-refractivity contribution >= 4 is 33.4 Å². The molecule has 5 rings (SSSR count). The van der Waals surface area contributed by atoms with Gasteiger partial charge >= 0.3 is 0 Å². The highest BCUT2D eigenvalue weighted by molar-refractivity contribution is 6.13. The van der Waals surface area contributed by atoms with Gasteiger partial charge in [-0.05, 0) is 24.3 Å². The summed E-state index contributed by atoms with van der Waals surface area (Å²) in [6, 6.07) is 25.6. The van der Waals surface area contributed by atoms with E-state index in [4.69, 9.17) is 4.42 Å². The smallest absolute Gasteiger partial charge is 0.291 e. The molecule has 0 fully saturated rings. The van der Waals surface area contributed by atoms with E-state index in [1.807, 2.05) is 42.5 Å². The number of amides is 1. The fourth-order valence-electron chi connectivity index (χ4n) is 3.52. The molecule has 27 heavy (non-hydrogen) atoms. The van der Waals surface area contributed by atoms with Gasteiger partial charge in [0.1, 0.15) is 0 Å². The second kappa shape index (κ2) is 6.18. The topological polar surface area (TPSA) is 58.0 Å². The van der Waals surface area contributed by atoms with Gasteiger partial charge in [-0.25, -0.2) is 0 Å². The molecule has 130 valence electrons. The Hall–Kier alpha value is -3.79. The van der Waals surface area contributed by atoms with Gasteiger partial charge < -0.3 is 14.7 Å². The molecule has 4 nitrogen and oxygen atoms in total. The van der Waals surface area contributed by atoms with Crippen LogP contribution in [0.2, 0.25) is 0 Å². The zero-order valence-corrected chi connectivity index (χ0v) is 14.4. The average Bonchev–Trinajstić information content (AvgIpc) is 3.36. The maximum Gasteiger partial charge on any atom is 0.291 e. The number of hydrogen-bond donors (Lipinski definition) is 2. The van der Waals surface area contributed by atoms with E-state index in [1.54, 1.807) is 12.1 Å². The predicted octanol–water partition coefficient (Wildman–Crippen LogP) is 5.83. The van der Waals surface area contributed by atoms with Crippen LogP contribution >= 0.6 is 0 Å². The van der Waals surface area contributed by atoms with Crippen LogP contribution in [-0.2, 0) is 0 Å². The standard InChI is InChI=1S/C23H16N2O2/c26-23(21-13-6-14-27-21)25-20-12-4-2-8-16(20)18-10-5-9-17-15-7-1-3-11-19(15)24-22(17)18/h1-14,24H,(H,25,26). The third-order valence-electron chi connectivity index (χ3n) is 4.75. The summed E-state index contributed by atoms with van der Waals surface area (Å²) in [5.74, 6) is 0.0184. The number of aromatic nitrogens is 1. The Morgan fingerprint density at radius 1 is 0.778 bits per heavy atom. The summed E-state index contributed by atoms with van der Waals surface area (Å²) in [5.41, 5.74) is 4.88. The first-order valence-corrected chi connectivity index (χ1v) is 8.75.